The van der Waals surface area contributed by atoms with Gasteiger partial charge in [-0.2, -0.15) is 0 Å². The molecule has 1 aromatic carbocycles. The molecule has 0 atom stereocenters. The Labute approximate surface area is 108 Å². The molecule has 1 aliphatic heterocycles. The highest BCUT2D eigenvalue weighted by molar-refractivity contribution is 7.15. The Bertz CT molecular complexity index is 542. The van der Waals surface area contributed by atoms with Crippen LogP contribution in [0.25, 0.3) is 10.6 Å². The second-order valence-corrected chi connectivity index (χ2v) is 5.33. The molecule has 0 radical (unpaired) electrons. The van der Waals surface area contributed by atoms with Crippen molar-refractivity contribution in [2.75, 3.05) is 6.54 Å². The van der Waals surface area contributed by atoms with Crippen LogP contribution in [0.1, 0.15) is 22.6 Å². The van der Waals surface area contributed by atoms with Crippen LogP contribution in [0.15, 0.2) is 24.3 Å². The lowest BCUT2D eigenvalue weighted by atomic mass is 10.1. The molecule has 0 aliphatic carbocycles. The van der Waals surface area contributed by atoms with Gasteiger partial charge >= 0.3 is 0 Å². The van der Waals surface area contributed by atoms with E-state index in [0.717, 1.165) is 35.8 Å². The number of aromatic nitrogens is 1. The number of nitrogens with one attached hydrogen (secondary N) is 1. The molecule has 1 aromatic heterocycles. The molecule has 2 heterocycles. The summed E-state index contributed by atoms with van der Waals surface area (Å²) < 4.78 is 25.3. The zero-order chi connectivity index (χ0) is 12.5. The molecule has 1 N–H and O–H groups in total. The average molecular weight is 266 g/mol. The molecule has 0 spiro atoms. The first-order valence-corrected chi connectivity index (χ1v) is 6.63. The Morgan fingerprint density at radius 3 is 3.00 bits per heavy atom. The molecule has 94 valence electrons. The van der Waals surface area contributed by atoms with Gasteiger partial charge in [-0.3, -0.25) is 0 Å². The number of benzene rings is 1. The lowest BCUT2D eigenvalue weighted by Gasteiger charge is -2.09. The van der Waals surface area contributed by atoms with Gasteiger partial charge in [0.1, 0.15) is 5.01 Å². The lowest BCUT2D eigenvalue weighted by molar-refractivity contribution is 0.151. The summed E-state index contributed by atoms with van der Waals surface area (Å²) in [6.07, 6.45) is -1.51. The third kappa shape index (κ3) is 2.15. The van der Waals surface area contributed by atoms with E-state index in [9.17, 15) is 8.78 Å². The number of nitrogens with zero attached hydrogens (tertiary/aromatic N) is 1. The molecule has 3 rings (SSSR count). The van der Waals surface area contributed by atoms with Crippen molar-refractivity contribution < 1.29 is 8.78 Å². The van der Waals surface area contributed by atoms with Gasteiger partial charge < -0.3 is 5.32 Å². The molecule has 0 bridgehead atoms. The van der Waals surface area contributed by atoms with Crippen LogP contribution in [0.4, 0.5) is 8.78 Å². The fourth-order valence-electron chi connectivity index (χ4n) is 2.06. The normalized spacial score (nSPS) is 14.8. The molecule has 0 amide bonds. The smallest absolute Gasteiger partial charge is 0.263 e. The predicted octanol–water partition coefficient (Wildman–Crippen LogP) is 3.39. The van der Waals surface area contributed by atoms with E-state index in [1.54, 1.807) is 17.4 Å². The van der Waals surface area contributed by atoms with E-state index in [1.807, 2.05) is 6.07 Å². The summed E-state index contributed by atoms with van der Waals surface area (Å²) in [5.74, 6) is 0. The van der Waals surface area contributed by atoms with Crippen LogP contribution in [0.5, 0.6) is 0 Å². The zero-order valence-corrected chi connectivity index (χ0v) is 10.4. The van der Waals surface area contributed by atoms with Gasteiger partial charge in [-0.25, -0.2) is 13.8 Å². The standard InChI is InChI=1S/C13H12F2N2S/c14-12(15)8-2-1-3-9(6-8)13-17-10-4-5-16-7-11(10)18-13/h1-3,6,12,16H,4-5,7H2. The quantitative estimate of drug-likeness (QED) is 0.901. The Morgan fingerprint density at radius 2 is 2.22 bits per heavy atom. The van der Waals surface area contributed by atoms with Gasteiger partial charge in [-0.05, 0) is 6.07 Å². The summed E-state index contributed by atoms with van der Waals surface area (Å²) >= 11 is 1.59. The maximum Gasteiger partial charge on any atom is 0.263 e. The molecular formula is C13H12F2N2S. The summed E-state index contributed by atoms with van der Waals surface area (Å²) in [4.78, 5) is 5.78. The van der Waals surface area contributed by atoms with Crippen LogP contribution in [0, 0.1) is 0 Å². The summed E-state index contributed by atoms with van der Waals surface area (Å²) in [7, 11) is 0. The van der Waals surface area contributed by atoms with Crippen molar-refractivity contribution in [1.82, 2.24) is 10.3 Å². The van der Waals surface area contributed by atoms with E-state index in [0.29, 0.717) is 0 Å². The fraction of sp³-hybridized carbons (Fsp3) is 0.308. The van der Waals surface area contributed by atoms with Crippen molar-refractivity contribution >= 4 is 11.3 Å². The molecular weight excluding hydrogens is 254 g/mol. The summed E-state index contributed by atoms with van der Waals surface area (Å²) in [6.45, 7) is 1.77. The molecule has 2 aromatic rings. The monoisotopic (exact) mass is 266 g/mol. The first-order chi connectivity index (χ1) is 8.74. The fourth-order valence-corrected chi connectivity index (χ4v) is 3.13. The Kier molecular flexibility index (Phi) is 3.09. The topological polar surface area (TPSA) is 24.9 Å². The largest absolute Gasteiger partial charge is 0.311 e. The number of halogens is 2. The molecule has 0 saturated heterocycles. The summed E-state index contributed by atoms with van der Waals surface area (Å²) in [6, 6.07) is 6.48. The highest BCUT2D eigenvalue weighted by atomic mass is 32.1. The number of fused-ring (bicyclic) bond motifs is 1. The third-order valence-electron chi connectivity index (χ3n) is 2.99. The molecule has 2 nitrogen and oxygen atoms in total. The second kappa shape index (κ2) is 4.74. The molecule has 18 heavy (non-hydrogen) atoms. The van der Waals surface area contributed by atoms with E-state index in [1.165, 1.54) is 17.0 Å². The highest BCUT2D eigenvalue weighted by Gasteiger charge is 2.16. The van der Waals surface area contributed by atoms with Gasteiger partial charge in [0.15, 0.2) is 0 Å². The Morgan fingerprint density at radius 1 is 1.33 bits per heavy atom. The molecule has 1 aliphatic rings. The first-order valence-electron chi connectivity index (χ1n) is 5.82. The van der Waals surface area contributed by atoms with Crippen LogP contribution in [0.2, 0.25) is 0 Å². The predicted molar refractivity (Wildman–Crippen MR) is 67.9 cm³/mol. The number of rotatable bonds is 2. The van der Waals surface area contributed by atoms with Crippen LogP contribution in [-0.4, -0.2) is 11.5 Å². The molecule has 0 fully saturated rings. The molecule has 0 unspecified atom stereocenters. The van der Waals surface area contributed by atoms with Crippen molar-refractivity contribution in [3.8, 4) is 10.6 Å². The van der Waals surface area contributed by atoms with Gasteiger partial charge in [0.2, 0.25) is 0 Å². The maximum atomic E-state index is 12.7. The van der Waals surface area contributed by atoms with Crippen molar-refractivity contribution in [2.24, 2.45) is 0 Å². The first kappa shape index (κ1) is 11.7. The van der Waals surface area contributed by atoms with Gasteiger partial charge in [-0.15, -0.1) is 11.3 Å². The van der Waals surface area contributed by atoms with Gasteiger partial charge in [0, 0.05) is 35.5 Å². The van der Waals surface area contributed by atoms with Gasteiger partial charge in [0.05, 0.1) is 5.69 Å². The minimum atomic E-state index is -2.43. The van der Waals surface area contributed by atoms with Crippen LogP contribution < -0.4 is 5.32 Å². The Hall–Kier alpha value is -1.33. The van der Waals surface area contributed by atoms with E-state index in [-0.39, 0.29) is 5.56 Å². The molecule has 5 heteroatoms. The minimum absolute atomic E-state index is 0.0544. The Balaban J connectivity index is 1.99. The van der Waals surface area contributed by atoms with Crippen molar-refractivity contribution in [3.05, 3.63) is 40.4 Å². The third-order valence-corrected chi connectivity index (χ3v) is 4.13. The van der Waals surface area contributed by atoms with Crippen LogP contribution in [0.3, 0.4) is 0 Å². The number of thiazole rings is 1. The van der Waals surface area contributed by atoms with Crippen molar-refractivity contribution in [1.29, 1.82) is 0 Å². The van der Waals surface area contributed by atoms with E-state index in [4.69, 9.17) is 0 Å². The highest BCUT2D eigenvalue weighted by Crippen LogP contribution is 2.31. The van der Waals surface area contributed by atoms with Crippen molar-refractivity contribution in [2.45, 2.75) is 19.4 Å². The summed E-state index contributed by atoms with van der Waals surface area (Å²) in [5, 5.41) is 4.12. The number of alkyl halides is 2. The van der Waals surface area contributed by atoms with Crippen LogP contribution in [-0.2, 0) is 13.0 Å². The second-order valence-electron chi connectivity index (χ2n) is 4.24. The number of hydrogen-bond acceptors (Lipinski definition) is 3. The lowest BCUT2D eigenvalue weighted by Crippen LogP contribution is -2.22. The van der Waals surface area contributed by atoms with E-state index in [2.05, 4.69) is 10.3 Å². The summed E-state index contributed by atoms with van der Waals surface area (Å²) in [5.41, 5.74) is 1.95. The number of hydrogen-bond donors (Lipinski definition) is 1. The minimum Gasteiger partial charge on any atom is -0.311 e. The zero-order valence-electron chi connectivity index (χ0n) is 9.62. The van der Waals surface area contributed by atoms with E-state index < -0.39 is 6.43 Å². The SMILES string of the molecule is FC(F)c1cccc(-c2nc3c(s2)CNCC3)c1. The van der Waals surface area contributed by atoms with Crippen LogP contribution >= 0.6 is 11.3 Å². The van der Waals surface area contributed by atoms with E-state index >= 15 is 0 Å². The maximum absolute atomic E-state index is 12.7. The average Bonchev–Trinajstić information content (AvgIpc) is 2.82. The van der Waals surface area contributed by atoms with Crippen molar-refractivity contribution in [3.63, 3.8) is 0 Å². The molecule has 0 saturated carbocycles. The van der Waals surface area contributed by atoms with Gasteiger partial charge in [-0.1, -0.05) is 18.2 Å². The van der Waals surface area contributed by atoms with Gasteiger partial charge in [0.25, 0.3) is 6.43 Å².